The Balaban J connectivity index is 2.42. The van der Waals surface area contributed by atoms with Crippen LogP contribution in [0.2, 0.25) is 0 Å². The first kappa shape index (κ1) is 11.8. The van der Waals surface area contributed by atoms with Gasteiger partial charge in [0.15, 0.2) is 0 Å². The minimum Gasteiger partial charge on any atom is -0.480 e. The molecule has 0 aromatic heterocycles. The van der Waals surface area contributed by atoms with Crippen LogP contribution in [0.4, 0.5) is 4.79 Å². The first-order chi connectivity index (χ1) is 7.00. The van der Waals surface area contributed by atoms with Gasteiger partial charge in [0.2, 0.25) is 0 Å². The monoisotopic (exact) mass is 215 g/mol. The van der Waals surface area contributed by atoms with Gasteiger partial charge in [-0.1, -0.05) is 0 Å². The molecule has 0 aliphatic carbocycles. The van der Waals surface area contributed by atoms with E-state index in [9.17, 15) is 9.59 Å². The lowest BCUT2D eigenvalue weighted by Crippen LogP contribution is -2.52. The van der Waals surface area contributed by atoms with Crippen LogP contribution < -0.4 is 11.1 Å². The fraction of sp³-hybridized carbons (Fsp3) is 0.778. The first-order valence-corrected chi connectivity index (χ1v) is 5.04. The van der Waals surface area contributed by atoms with Crippen molar-refractivity contribution in [1.29, 1.82) is 0 Å². The SMILES string of the molecule is C[C@@H](NC(=O)N1CCCC(N)C1)C(=O)O. The Morgan fingerprint density at radius 2 is 2.27 bits per heavy atom. The molecule has 1 unspecified atom stereocenters. The molecule has 2 atom stereocenters. The fourth-order valence-corrected chi connectivity index (χ4v) is 1.53. The molecule has 6 nitrogen and oxygen atoms in total. The molecule has 1 fully saturated rings. The Bertz CT molecular complexity index is 257. The third kappa shape index (κ3) is 3.39. The summed E-state index contributed by atoms with van der Waals surface area (Å²) in [6.45, 7) is 2.58. The van der Waals surface area contributed by atoms with E-state index >= 15 is 0 Å². The van der Waals surface area contributed by atoms with Crippen LogP contribution in [0.1, 0.15) is 19.8 Å². The molecule has 1 aliphatic heterocycles. The number of carbonyl (C=O) groups is 2. The van der Waals surface area contributed by atoms with E-state index in [2.05, 4.69) is 5.32 Å². The number of amides is 2. The quantitative estimate of drug-likeness (QED) is 0.583. The van der Waals surface area contributed by atoms with Crippen molar-refractivity contribution < 1.29 is 14.7 Å². The number of piperidine rings is 1. The number of nitrogens with two attached hydrogens (primary N) is 1. The molecule has 86 valence electrons. The van der Waals surface area contributed by atoms with Crippen molar-refractivity contribution in [3.63, 3.8) is 0 Å². The summed E-state index contributed by atoms with van der Waals surface area (Å²) in [6.07, 6.45) is 1.79. The average molecular weight is 215 g/mol. The number of nitrogens with zero attached hydrogens (tertiary/aromatic N) is 1. The molecule has 0 spiro atoms. The Labute approximate surface area is 88.4 Å². The lowest BCUT2D eigenvalue weighted by Gasteiger charge is -2.31. The van der Waals surface area contributed by atoms with E-state index in [1.807, 2.05) is 0 Å². The van der Waals surface area contributed by atoms with Crippen LogP contribution in [0, 0.1) is 0 Å². The maximum absolute atomic E-state index is 11.6. The lowest BCUT2D eigenvalue weighted by atomic mass is 10.1. The highest BCUT2D eigenvalue weighted by Crippen LogP contribution is 2.08. The van der Waals surface area contributed by atoms with Crippen molar-refractivity contribution >= 4 is 12.0 Å². The van der Waals surface area contributed by atoms with E-state index in [0.29, 0.717) is 13.1 Å². The lowest BCUT2D eigenvalue weighted by molar-refractivity contribution is -0.138. The molecule has 0 aromatic rings. The summed E-state index contributed by atoms with van der Waals surface area (Å²) in [4.78, 5) is 23.6. The van der Waals surface area contributed by atoms with E-state index in [4.69, 9.17) is 10.8 Å². The largest absolute Gasteiger partial charge is 0.480 e. The molecule has 1 aliphatic rings. The van der Waals surface area contributed by atoms with Gasteiger partial charge >= 0.3 is 12.0 Å². The fourth-order valence-electron chi connectivity index (χ4n) is 1.53. The summed E-state index contributed by atoms with van der Waals surface area (Å²) in [5, 5.41) is 11.0. The molecule has 0 saturated carbocycles. The molecule has 4 N–H and O–H groups in total. The second kappa shape index (κ2) is 4.97. The average Bonchev–Trinajstić information content (AvgIpc) is 2.17. The maximum atomic E-state index is 11.6. The number of aliphatic carboxylic acids is 1. The number of carbonyl (C=O) groups excluding carboxylic acids is 1. The van der Waals surface area contributed by atoms with E-state index in [0.717, 1.165) is 12.8 Å². The van der Waals surface area contributed by atoms with Crippen LogP contribution in [0.5, 0.6) is 0 Å². The zero-order chi connectivity index (χ0) is 11.4. The van der Waals surface area contributed by atoms with Gasteiger partial charge in [-0.2, -0.15) is 0 Å². The Morgan fingerprint density at radius 1 is 1.60 bits per heavy atom. The summed E-state index contributed by atoms with van der Waals surface area (Å²) < 4.78 is 0. The molecule has 0 aromatic carbocycles. The first-order valence-electron chi connectivity index (χ1n) is 5.04. The van der Waals surface area contributed by atoms with Crippen molar-refractivity contribution in [3.05, 3.63) is 0 Å². The van der Waals surface area contributed by atoms with Gasteiger partial charge in [0, 0.05) is 19.1 Å². The molecule has 1 saturated heterocycles. The zero-order valence-corrected chi connectivity index (χ0v) is 8.77. The summed E-state index contributed by atoms with van der Waals surface area (Å²) in [5.74, 6) is -1.04. The predicted octanol–water partition coefficient (Wildman–Crippen LogP) is -0.408. The smallest absolute Gasteiger partial charge is 0.325 e. The van der Waals surface area contributed by atoms with Crippen LogP contribution in [0.15, 0.2) is 0 Å². The summed E-state index contributed by atoms with van der Waals surface area (Å²) in [7, 11) is 0. The summed E-state index contributed by atoms with van der Waals surface area (Å²) in [6, 6.07) is -1.21. The van der Waals surface area contributed by atoms with Gasteiger partial charge in [0.05, 0.1) is 0 Å². The second-order valence-corrected chi connectivity index (χ2v) is 3.86. The van der Waals surface area contributed by atoms with Crippen LogP contribution in [0.25, 0.3) is 0 Å². The van der Waals surface area contributed by atoms with E-state index in [1.54, 1.807) is 4.90 Å². The molecular weight excluding hydrogens is 198 g/mol. The van der Waals surface area contributed by atoms with Crippen LogP contribution in [0.3, 0.4) is 0 Å². The summed E-state index contributed by atoms with van der Waals surface area (Å²) >= 11 is 0. The number of nitrogens with one attached hydrogen (secondary N) is 1. The van der Waals surface area contributed by atoms with Gasteiger partial charge < -0.3 is 21.1 Å². The number of hydrogen-bond acceptors (Lipinski definition) is 3. The molecule has 15 heavy (non-hydrogen) atoms. The van der Waals surface area contributed by atoms with Crippen LogP contribution in [-0.4, -0.2) is 47.2 Å². The van der Waals surface area contributed by atoms with Crippen molar-refractivity contribution in [2.24, 2.45) is 5.73 Å². The van der Waals surface area contributed by atoms with Crippen LogP contribution in [-0.2, 0) is 4.79 Å². The maximum Gasteiger partial charge on any atom is 0.325 e. The molecular formula is C9H17N3O3. The minimum absolute atomic E-state index is 0.00429. The molecule has 2 amide bonds. The van der Waals surface area contributed by atoms with Gasteiger partial charge in [0.1, 0.15) is 6.04 Å². The van der Waals surface area contributed by atoms with Gasteiger partial charge in [-0.25, -0.2) is 4.79 Å². The van der Waals surface area contributed by atoms with E-state index in [1.165, 1.54) is 6.92 Å². The topological polar surface area (TPSA) is 95.7 Å². The van der Waals surface area contributed by atoms with Gasteiger partial charge in [-0.3, -0.25) is 4.79 Å². The highest BCUT2D eigenvalue weighted by molar-refractivity contribution is 5.82. The zero-order valence-electron chi connectivity index (χ0n) is 8.77. The third-order valence-electron chi connectivity index (χ3n) is 2.46. The third-order valence-corrected chi connectivity index (χ3v) is 2.46. The summed E-state index contributed by atoms with van der Waals surface area (Å²) in [5.41, 5.74) is 5.72. The van der Waals surface area contributed by atoms with E-state index < -0.39 is 12.0 Å². The number of carboxylic acid groups (broad SMARTS) is 1. The van der Waals surface area contributed by atoms with E-state index in [-0.39, 0.29) is 12.1 Å². The Hall–Kier alpha value is -1.30. The van der Waals surface area contributed by atoms with Crippen molar-refractivity contribution in [3.8, 4) is 0 Å². The van der Waals surface area contributed by atoms with Gasteiger partial charge in [0.25, 0.3) is 0 Å². The van der Waals surface area contributed by atoms with Crippen molar-refractivity contribution in [2.75, 3.05) is 13.1 Å². The number of rotatable bonds is 2. The second-order valence-electron chi connectivity index (χ2n) is 3.86. The number of hydrogen-bond donors (Lipinski definition) is 3. The van der Waals surface area contributed by atoms with Crippen molar-refractivity contribution in [2.45, 2.75) is 31.8 Å². The molecule has 6 heteroatoms. The minimum atomic E-state index is -1.04. The highest BCUT2D eigenvalue weighted by Gasteiger charge is 2.23. The predicted molar refractivity (Wildman–Crippen MR) is 54.4 cm³/mol. The number of carboxylic acids is 1. The van der Waals surface area contributed by atoms with Crippen molar-refractivity contribution in [1.82, 2.24) is 10.2 Å². The Morgan fingerprint density at radius 3 is 2.80 bits per heavy atom. The normalized spacial score (nSPS) is 23.3. The molecule has 1 heterocycles. The highest BCUT2D eigenvalue weighted by atomic mass is 16.4. The number of likely N-dealkylation sites (tertiary alicyclic amines) is 1. The van der Waals surface area contributed by atoms with Gasteiger partial charge in [-0.05, 0) is 19.8 Å². The molecule has 0 radical (unpaired) electrons. The molecule has 1 rings (SSSR count). The van der Waals surface area contributed by atoms with Gasteiger partial charge in [-0.15, -0.1) is 0 Å². The molecule has 0 bridgehead atoms. The Kier molecular flexibility index (Phi) is 3.90. The number of urea groups is 1. The standard InChI is InChI=1S/C9H17N3O3/c1-6(8(13)14)11-9(15)12-4-2-3-7(10)5-12/h6-7H,2-5,10H2,1H3,(H,11,15)(H,13,14)/t6-,7?/m1/s1. The van der Waals surface area contributed by atoms with Crippen LogP contribution >= 0.6 is 0 Å².